The van der Waals surface area contributed by atoms with Crippen molar-refractivity contribution in [3.05, 3.63) is 11.1 Å². The SMILES string of the molecule is C=C(Br)CN1CCC2(CN(C)C2)C1. The molecule has 1 spiro atoms. The Morgan fingerprint density at radius 3 is 2.69 bits per heavy atom. The van der Waals surface area contributed by atoms with Crippen LogP contribution in [0.25, 0.3) is 0 Å². The molecule has 0 unspecified atom stereocenters. The summed E-state index contributed by atoms with van der Waals surface area (Å²) in [7, 11) is 2.21. The largest absolute Gasteiger partial charge is 0.305 e. The molecule has 0 saturated carbocycles. The fraction of sp³-hybridized carbons (Fsp3) is 0.800. The van der Waals surface area contributed by atoms with Crippen LogP contribution in [0, 0.1) is 5.41 Å². The molecule has 0 aromatic rings. The molecule has 2 heterocycles. The van der Waals surface area contributed by atoms with E-state index in [1.165, 1.54) is 32.6 Å². The molecular formula is C10H17BrN2. The van der Waals surface area contributed by atoms with Crippen molar-refractivity contribution >= 4 is 15.9 Å². The van der Waals surface area contributed by atoms with E-state index in [4.69, 9.17) is 0 Å². The van der Waals surface area contributed by atoms with E-state index < -0.39 is 0 Å². The van der Waals surface area contributed by atoms with Crippen molar-refractivity contribution in [1.29, 1.82) is 0 Å². The third kappa shape index (κ3) is 1.97. The van der Waals surface area contributed by atoms with Crippen molar-refractivity contribution in [3.8, 4) is 0 Å². The van der Waals surface area contributed by atoms with Crippen LogP contribution in [-0.4, -0.2) is 49.6 Å². The normalized spacial score (nSPS) is 27.8. The van der Waals surface area contributed by atoms with Crippen LogP contribution < -0.4 is 0 Å². The minimum atomic E-state index is 0.636. The molecule has 0 amide bonds. The molecule has 0 aromatic heterocycles. The van der Waals surface area contributed by atoms with Crippen LogP contribution in [0.2, 0.25) is 0 Å². The average molecular weight is 245 g/mol. The summed E-state index contributed by atoms with van der Waals surface area (Å²) in [6, 6.07) is 0. The van der Waals surface area contributed by atoms with Crippen LogP contribution in [0.4, 0.5) is 0 Å². The minimum absolute atomic E-state index is 0.636. The van der Waals surface area contributed by atoms with Gasteiger partial charge in [-0.1, -0.05) is 22.5 Å². The molecule has 0 aromatic carbocycles. The molecule has 13 heavy (non-hydrogen) atoms. The number of halogens is 1. The average Bonchev–Trinajstić information content (AvgIpc) is 2.30. The Kier molecular flexibility index (Phi) is 2.51. The lowest BCUT2D eigenvalue weighted by molar-refractivity contribution is 0.0317. The highest BCUT2D eigenvalue weighted by Crippen LogP contribution is 2.38. The van der Waals surface area contributed by atoms with Gasteiger partial charge in [-0.2, -0.15) is 0 Å². The molecule has 2 aliphatic rings. The highest BCUT2D eigenvalue weighted by molar-refractivity contribution is 9.11. The van der Waals surface area contributed by atoms with E-state index in [1.54, 1.807) is 0 Å². The van der Waals surface area contributed by atoms with E-state index in [-0.39, 0.29) is 0 Å². The summed E-state index contributed by atoms with van der Waals surface area (Å²) in [4.78, 5) is 4.91. The summed E-state index contributed by atoms with van der Waals surface area (Å²) in [5.41, 5.74) is 0.636. The Hall–Kier alpha value is 0.140. The van der Waals surface area contributed by atoms with Gasteiger partial charge in [-0.25, -0.2) is 0 Å². The number of hydrogen-bond acceptors (Lipinski definition) is 2. The van der Waals surface area contributed by atoms with Crippen LogP contribution in [-0.2, 0) is 0 Å². The van der Waals surface area contributed by atoms with Gasteiger partial charge < -0.3 is 4.90 Å². The Labute approximate surface area is 88.7 Å². The van der Waals surface area contributed by atoms with Gasteiger partial charge in [0, 0.05) is 36.1 Å². The monoisotopic (exact) mass is 244 g/mol. The standard InChI is InChI=1S/C10H17BrN2/c1-9(11)5-13-4-3-10(8-13)6-12(2)7-10/h1,3-8H2,2H3. The zero-order chi connectivity index (χ0) is 9.47. The first-order valence-electron chi connectivity index (χ1n) is 4.84. The number of nitrogens with zero attached hydrogens (tertiary/aromatic N) is 2. The van der Waals surface area contributed by atoms with Crippen LogP contribution in [0.1, 0.15) is 6.42 Å². The van der Waals surface area contributed by atoms with Gasteiger partial charge in [-0.15, -0.1) is 0 Å². The Bertz CT molecular complexity index is 221. The van der Waals surface area contributed by atoms with Crippen LogP contribution in [0.5, 0.6) is 0 Å². The molecule has 0 aliphatic carbocycles. The van der Waals surface area contributed by atoms with E-state index in [9.17, 15) is 0 Å². The maximum absolute atomic E-state index is 3.89. The second kappa shape index (κ2) is 3.37. The molecule has 0 N–H and O–H groups in total. The summed E-state index contributed by atoms with van der Waals surface area (Å²) in [6.07, 6.45) is 1.37. The van der Waals surface area contributed by atoms with E-state index in [0.717, 1.165) is 11.0 Å². The second-order valence-electron chi connectivity index (χ2n) is 4.65. The number of hydrogen-bond donors (Lipinski definition) is 0. The van der Waals surface area contributed by atoms with Crippen molar-refractivity contribution in [2.75, 3.05) is 39.8 Å². The van der Waals surface area contributed by atoms with Crippen molar-refractivity contribution in [1.82, 2.24) is 9.80 Å². The molecule has 2 nitrogen and oxygen atoms in total. The van der Waals surface area contributed by atoms with E-state index in [0.29, 0.717) is 5.41 Å². The van der Waals surface area contributed by atoms with Crippen LogP contribution in [0.3, 0.4) is 0 Å². The first-order valence-corrected chi connectivity index (χ1v) is 5.63. The molecule has 74 valence electrons. The van der Waals surface area contributed by atoms with E-state index >= 15 is 0 Å². The van der Waals surface area contributed by atoms with Gasteiger partial charge in [0.2, 0.25) is 0 Å². The lowest BCUT2D eigenvalue weighted by atomic mass is 9.79. The number of rotatable bonds is 2. The fourth-order valence-corrected chi connectivity index (χ4v) is 3.12. The molecule has 2 aliphatic heterocycles. The first kappa shape index (κ1) is 9.69. The Morgan fingerprint density at radius 1 is 1.46 bits per heavy atom. The molecule has 0 atom stereocenters. The van der Waals surface area contributed by atoms with Crippen LogP contribution >= 0.6 is 15.9 Å². The number of likely N-dealkylation sites (tertiary alicyclic amines) is 2. The highest BCUT2D eigenvalue weighted by Gasteiger charge is 2.45. The van der Waals surface area contributed by atoms with Gasteiger partial charge in [-0.05, 0) is 20.0 Å². The predicted octanol–water partition coefficient (Wildman–Crippen LogP) is 1.53. The molecule has 2 fully saturated rings. The van der Waals surface area contributed by atoms with E-state index in [2.05, 4.69) is 39.4 Å². The Balaban J connectivity index is 1.84. The van der Waals surface area contributed by atoms with Gasteiger partial charge in [0.1, 0.15) is 0 Å². The molecule has 2 saturated heterocycles. The summed E-state index contributed by atoms with van der Waals surface area (Å²) in [6.45, 7) is 10.0. The summed E-state index contributed by atoms with van der Waals surface area (Å²) >= 11 is 3.43. The van der Waals surface area contributed by atoms with Crippen molar-refractivity contribution in [2.45, 2.75) is 6.42 Å². The molecule has 0 bridgehead atoms. The maximum Gasteiger partial charge on any atom is 0.0294 e. The lowest BCUT2D eigenvalue weighted by Gasteiger charge is -2.46. The predicted molar refractivity (Wildman–Crippen MR) is 59.1 cm³/mol. The molecule has 0 radical (unpaired) electrons. The summed E-state index contributed by atoms with van der Waals surface area (Å²) in [5, 5.41) is 0. The first-order chi connectivity index (χ1) is 6.10. The topological polar surface area (TPSA) is 6.48 Å². The second-order valence-corrected chi connectivity index (χ2v) is 5.77. The Morgan fingerprint density at radius 2 is 2.15 bits per heavy atom. The van der Waals surface area contributed by atoms with Crippen LogP contribution in [0.15, 0.2) is 11.1 Å². The fourth-order valence-electron chi connectivity index (χ4n) is 2.76. The quantitative estimate of drug-likeness (QED) is 0.728. The maximum atomic E-state index is 3.89. The van der Waals surface area contributed by atoms with Gasteiger partial charge in [0.25, 0.3) is 0 Å². The van der Waals surface area contributed by atoms with Crippen molar-refractivity contribution in [3.63, 3.8) is 0 Å². The minimum Gasteiger partial charge on any atom is -0.305 e. The van der Waals surface area contributed by atoms with Gasteiger partial charge in [0.05, 0.1) is 0 Å². The zero-order valence-corrected chi connectivity index (χ0v) is 9.81. The smallest absolute Gasteiger partial charge is 0.0294 e. The zero-order valence-electron chi connectivity index (χ0n) is 8.22. The third-order valence-electron chi connectivity index (χ3n) is 3.12. The lowest BCUT2D eigenvalue weighted by Crippen LogP contribution is -2.55. The van der Waals surface area contributed by atoms with Crippen molar-refractivity contribution < 1.29 is 0 Å². The van der Waals surface area contributed by atoms with Crippen molar-refractivity contribution in [2.24, 2.45) is 5.41 Å². The molecule has 3 heteroatoms. The van der Waals surface area contributed by atoms with E-state index in [1.807, 2.05) is 0 Å². The van der Waals surface area contributed by atoms with Gasteiger partial charge in [-0.3, -0.25) is 4.90 Å². The molecular weight excluding hydrogens is 228 g/mol. The molecule has 2 rings (SSSR count). The van der Waals surface area contributed by atoms with Gasteiger partial charge >= 0.3 is 0 Å². The summed E-state index contributed by atoms with van der Waals surface area (Å²) < 4.78 is 1.11. The highest BCUT2D eigenvalue weighted by atomic mass is 79.9. The van der Waals surface area contributed by atoms with Gasteiger partial charge in [0.15, 0.2) is 0 Å². The third-order valence-corrected chi connectivity index (χ3v) is 3.37. The summed E-state index contributed by atoms with van der Waals surface area (Å²) in [5.74, 6) is 0.